The van der Waals surface area contributed by atoms with E-state index in [1.807, 2.05) is 14.0 Å². The Morgan fingerprint density at radius 3 is 2.25 bits per heavy atom. The van der Waals surface area contributed by atoms with Crippen molar-refractivity contribution in [2.24, 2.45) is 11.7 Å². The molecule has 1 rings (SSSR count). The van der Waals surface area contributed by atoms with Crippen LogP contribution in [-0.4, -0.2) is 66.2 Å². The number of β-amino-alcohol motifs (C(OH)–C–C–N with tert-alkyl or cyclic N) is 1. The molecule has 122 valence electrons. The van der Waals surface area contributed by atoms with Crippen LogP contribution >= 0.6 is 24.8 Å². The zero-order valence-electron chi connectivity index (χ0n) is 12.6. The molecule has 1 fully saturated rings. The van der Waals surface area contributed by atoms with Gasteiger partial charge in [0.05, 0.1) is 12.1 Å². The molecule has 1 aliphatic rings. The van der Waals surface area contributed by atoms with E-state index in [0.29, 0.717) is 5.92 Å². The highest BCUT2D eigenvalue weighted by Crippen LogP contribution is 2.18. The van der Waals surface area contributed by atoms with Crippen molar-refractivity contribution in [2.75, 3.05) is 33.2 Å². The first-order chi connectivity index (χ1) is 8.40. The van der Waals surface area contributed by atoms with Gasteiger partial charge in [0, 0.05) is 20.1 Å². The zero-order chi connectivity index (χ0) is 13.7. The summed E-state index contributed by atoms with van der Waals surface area (Å²) >= 11 is 0. The molecule has 0 aromatic rings. The molecule has 0 spiro atoms. The van der Waals surface area contributed by atoms with Gasteiger partial charge < -0.3 is 20.6 Å². The van der Waals surface area contributed by atoms with Crippen LogP contribution in [0.15, 0.2) is 0 Å². The molecule has 0 saturated carbocycles. The summed E-state index contributed by atoms with van der Waals surface area (Å²) in [5.74, 6) is 0.573. The number of aliphatic hydroxyl groups excluding tert-OH is 1. The maximum atomic E-state index is 11.7. The van der Waals surface area contributed by atoms with E-state index < -0.39 is 6.04 Å². The van der Waals surface area contributed by atoms with Crippen LogP contribution in [0.5, 0.6) is 0 Å². The lowest BCUT2D eigenvalue weighted by molar-refractivity contribution is -0.131. The lowest BCUT2D eigenvalue weighted by atomic mass is 9.96. The number of carbonyl (C=O) groups is 1. The van der Waals surface area contributed by atoms with Crippen LogP contribution in [0.3, 0.4) is 0 Å². The molecular weight excluding hydrogens is 301 g/mol. The third-order valence-corrected chi connectivity index (χ3v) is 3.53. The third-order valence-electron chi connectivity index (χ3n) is 3.53. The number of halogens is 2. The average molecular weight is 330 g/mol. The number of hydrogen-bond acceptors (Lipinski definition) is 4. The summed E-state index contributed by atoms with van der Waals surface area (Å²) < 4.78 is 0. The third kappa shape index (κ3) is 7.64. The predicted octanol–water partition coefficient (Wildman–Crippen LogP) is 0.728. The van der Waals surface area contributed by atoms with Crippen molar-refractivity contribution in [3.8, 4) is 0 Å². The SMILES string of the molecule is CC(O)CN1CCC(CN(C)C(=O)[C@@H](C)N)CC1.Cl.Cl. The fourth-order valence-electron chi connectivity index (χ4n) is 2.55. The van der Waals surface area contributed by atoms with Crippen molar-refractivity contribution >= 4 is 30.7 Å². The first kappa shape index (κ1) is 22.2. The van der Waals surface area contributed by atoms with E-state index in [9.17, 15) is 9.90 Å². The van der Waals surface area contributed by atoms with Crippen molar-refractivity contribution in [1.29, 1.82) is 0 Å². The fourth-order valence-corrected chi connectivity index (χ4v) is 2.55. The van der Waals surface area contributed by atoms with Gasteiger partial charge in [0.25, 0.3) is 0 Å². The second kappa shape index (κ2) is 10.6. The van der Waals surface area contributed by atoms with Crippen LogP contribution in [0, 0.1) is 5.92 Å². The lowest BCUT2D eigenvalue weighted by Crippen LogP contribution is -2.45. The highest BCUT2D eigenvalue weighted by Gasteiger charge is 2.23. The minimum atomic E-state index is -0.412. The monoisotopic (exact) mass is 329 g/mol. The molecule has 7 heteroatoms. The molecule has 1 amide bonds. The van der Waals surface area contributed by atoms with E-state index in [0.717, 1.165) is 39.0 Å². The Bertz CT molecular complexity index is 270. The topological polar surface area (TPSA) is 69.8 Å². The first-order valence-electron chi connectivity index (χ1n) is 6.81. The zero-order valence-corrected chi connectivity index (χ0v) is 14.3. The first-order valence-corrected chi connectivity index (χ1v) is 6.81. The number of likely N-dealkylation sites (N-methyl/N-ethyl adjacent to an activating group) is 1. The Balaban J connectivity index is 0. The number of aliphatic hydroxyl groups is 1. The minimum Gasteiger partial charge on any atom is -0.392 e. The second-order valence-electron chi connectivity index (χ2n) is 5.60. The smallest absolute Gasteiger partial charge is 0.238 e. The van der Waals surface area contributed by atoms with Crippen molar-refractivity contribution in [1.82, 2.24) is 9.80 Å². The maximum absolute atomic E-state index is 11.7. The highest BCUT2D eigenvalue weighted by molar-refractivity contribution is 5.85. The maximum Gasteiger partial charge on any atom is 0.238 e. The average Bonchev–Trinajstić information content (AvgIpc) is 2.29. The number of likely N-dealkylation sites (tertiary alicyclic amines) is 1. The largest absolute Gasteiger partial charge is 0.392 e. The molecule has 2 atom stereocenters. The second-order valence-corrected chi connectivity index (χ2v) is 5.60. The number of nitrogens with zero attached hydrogens (tertiary/aromatic N) is 2. The van der Waals surface area contributed by atoms with Gasteiger partial charge in [0.15, 0.2) is 0 Å². The number of hydrogen-bond donors (Lipinski definition) is 2. The number of nitrogens with two attached hydrogens (primary N) is 1. The fraction of sp³-hybridized carbons (Fsp3) is 0.923. The molecule has 3 N–H and O–H groups in total. The van der Waals surface area contributed by atoms with E-state index in [1.54, 1.807) is 11.8 Å². The van der Waals surface area contributed by atoms with Gasteiger partial charge in [-0.15, -0.1) is 24.8 Å². The molecular formula is C13H29Cl2N3O2. The molecule has 0 radical (unpaired) electrons. The van der Waals surface area contributed by atoms with Gasteiger partial charge in [-0.25, -0.2) is 0 Å². The molecule has 0 aromatic carbocycles. The number of carbonyl (C=O) groups excluding carboxylic acids is 1. The lowest BCUT2D eigenvalue weighted by Gasteiger charge is -2.34. The van der Waals surface area contributed by atoms with Gasteiger partial charge in [0.2, 0.25) is 5.91 Å². The number of piperidine rings is 1. The van der Waals surface area contributed by atoms with Crippen LogP contribution in [0.25, 0.3) is 0 Å². The van der Waals surface area contributed by atoms with E-state index in [2.05, 4.69) is 4.90 Å². The van der Waals surface area contributed by atoms with E-state index in [1.165, 1.54) is 0 Å². The van der Waals surface area contributed by atoms with Crippen LogP contribution in [0.1, 0.15) is 26.7 Å². The van der Waals surface area contributed by atoms with Gasteiger partial charge in [-0.1, -0.05) is 0 Å². The summed E-state index contributed by atoms with van der Waals surface area (Å²) in [6.45, 7) is 7.11. The van der Waals surface area contributed by atoms with Crippen molar-refractivity contribution < 1.29 is 9.90 Å². The Hall–Kier alpha value is -0.0700. The molecule has 1 heterocycles. The summed E-state index contributed by atoms with van der Waals surface area (Å²) in [4.78, 5) is 15.7. The van der Waals surface area contributed by atoms with Crippen LogP contribution < -0.4 is 5.73 Å². The van der Waals surface area contributed by atoms with Gasteiger partial charge in [-0.3, -0.25) is 4.79 Å². The van der Waals surface area contributed by atoms with Crippen molar-refractivity contribution in [2.45, 2.75) is 38.8 Å². The molecule has 20 heavy (non-hydrogen) atoms. The number of rotatable bonds is 5. The van der Waals surface area contributed by atoms with E-state index in [4.69, 9.17) is 5.73 Å². The molecule has 1 saturated heterocycles. The molecule has 0 bridgehead atoms. The summed E-state index contributed by atoms with van der Waals surface area (Å²) in [5, 5.41) is 9.34. The quantitative estimate of drug-likeness (QED) is 0.780. The summed E-state index contributed by atoms with van der Waals surface area (Å²) in [5.41, 5.74) is 5.59. The van der Waals surface area contributed by atoms with Crippen LogP contribution in [-0.2, 0) is 4.79 Å². The van der Waals surface area contributed by atoms with Crippen LogP contribution in [0.2, 0.25) is 0 Å². The minimum absolute atomic E-state index is 0. The Labute approximate surface area is 134 Å². The Morgan fingerprint density at radius 2 is 1.85 bits per heavy atom. The summed E-state index contributed by atoms with van der Waals surface area (Å²) in [6, 6.07) is -0.412. The molecule has 5 nitrogen and oxygen atoms in total. The van der Waals surface area contributed by atoms with Gasteiger partial charge >= 0.3 is 0 Å². The summed E-state index contributed by atoms with van der Waals surface area (Å²) in [6.07, 6.45) is 1.91. The van der Waals surface area contributed by atoms with Gasteiger partial charge in [-0.05, 0) is 45.7 Å². The normalized spacial score (nSPS) is 19.4. The highest BCUT2D eigenvalue weighted by atomic mass is 35.5. The van der Waals surface area contributed by atoms with Crippen molar-refractivity contribution in [3.05, 3.63) is 0 Å². The van der Waals surface area contributed by atoms with Gasteiger partial charge in [0.1, 0.15) is 0 Å². The molecule has 1 aliphatic heterocycles. The molecule has 1 unspecified atom stereocenters. The summed E-state index contributed by atoms with van der Waals surface area (Å²) in [7, 11) is 1.83. The van der Waals surface area contributed by atoms with Crippen molar-refractivity contribution in [3.63, 3.8) is 0 Å². The predicted molar refractivity (Wildman–Crippen MR) is 86.6 cm³/mol. The van der Waals surface area contributed by atoms with Gasteiger partial charge in [-0.2, -0.15) is 0 Å². The standard InChI is InChI=1S/C13H27N3O2.2ClH/c1-10(17)8-16-6-4-12(5-7-16)9-15(3)13(18)11(2)14;;/h10-12,17H,4-9,14H2,1-3H3;2*1H/t10?,11-;;/m1../s1. The Morgan fingerprint density at radius 1 is 1.35 bits per heavy atom. The van der Waals surface area contributed by atoms with Crippen LogP contribution in [0.4, 0.5) is 0 Å². The molecule has 0 aromatic heterocycles. The Kier molecular flexibility index (Phi) is 11.8. The van der Waals surface area contributed by atoms with E-state index in [-0.39, 0.29) is 36.8 Å². The molecule has 0 aliphatic carbocycles. The van der Waals surface area contributed by atoms with E-state index >= 15 is 0 Å². The number of amides is 1.